The highest BCUT2D eigenvalue weighted by molar-refractivity contribution is 14.1. The smallest absolute Gasteiger partial charge is 0.339 e. The maximum atomic E-state index is 12.8. The van der Waals surface area contributed by atoms with Crippen molar-refractivity contribution in [1.82, 2.24) is 4.90 Å². The molecule has 0 spiro atoms. The van der Waals surface area contributed by atoms with Gasteiger partial charge in [0, 0.05) is 5.69 Å². The number of hydrogen-bond acceptors (Lipinski definition) is 8. The molecule has 12 heteroatoms. The van der Waals surface area contributed by atoms with Crippen LogP contribution in [-0.4, -0.2) is 55.8 Å². The fourth-order valence-electron chi connectivity index (χ4n) is 3.02. The number of rotatable bonds is 7. The van der Waals surface area contributed by atoms with E-state index in [1.165, 1.54) is 39.5 Å². The first-order chi connectivity index (χ1) is 16.2. The van der Waals surface area contributed by atoms with Crippen molar-refractivity contribution in [3.8, 4) is 11.5 Å². The van der Waals surface area contributed by atoms with E-state index in [1.54, 1.807) is 18.2 Å². The van der Waals surface area contributed by atoms with Crippen LogP contribution in [0.15, 0.2) is 35.2 Å². The van der Waals surface area contributed by atoms with Gasteiger partial charge in [0.1, 0.15) is 6.54 Å². The molecular formula is C22H18ClIN2O7S. The van der Waals surface area contributed by atoms with Crippen molar-refractivity contribution in [2.45, 2.75) is 0 Å². The first-order valence-electron chi connectivity index (χ1n) is 9.53. The lowest BCUT2D eigenvalue weighted by atomic mass is 10.2. The lowest BCUT2D eigenvalue weighted by molar-refractivity contribution is -0.127. The zero-order valence-corrected chi connectivity index (χ0v) is 21.9. The molecule has 34 heavy (non-hydrogen) atoms. The summed E-state index contributed by atoms with van der Waals surface area (Å²) in [6, 6.07) is 7.72. The zero-order valence-electron chi connectivity index (χ0n) is 18.1. The molecule has 1 aliphatic heterocycles. The summed E-state index contributed by atoms with van der Waals surface area (Å²) in [5.41, 5.74) is 0.964. The van der Waals surface area contributed by atoms with Crippen LogP contribution < -0.4 is 14.8 Å². The molecule has 2 aromatic rings. The molecule has 0 saturated carbocycles. The maximum absolute atomic E-state index is 12.8. The van der Waals surface area contributed by atoms with Crippen LogP contribution in [0.4, 0.5) is 10.5 Å². The number of amides is 3. The maximum Gasteiger partial charge on any atom is 0.339 e. The fourth-order valence-corrected chi connectivity index (χ4v) is 4.90. The molecule has 0 atom stereocenters. The summed E-state index contributed by atoms with van der Waals surface area (Å²) in [5.74, 6) is -0.846. The minimum atomic E-state index is -0.665. The number of esters is 1. The van der Waals surface area contributed by atoms with E-state index in [2.05, 4.69) is 32.6 Å². The third-order valence-corrected chi connectivity index (χ3v) is 6.62. The number of thioether (sulfide) groups is 1. The van der Waals surface area contributed by atoms with Crippen LogP contribution in [0.2, 0.25) is 5.02 Å². The van der Waals surface area contributed by atoms with Gasteiger partial charge < -0.3 is 19.5 Å². The van der Waals surface area contributed by atoms with Crippen LogP contribution >= 0.6 is 46.0 Å². The molecule has 1 saturated heterocycles. The molecule has 1 aliphatic rings. The number of anilines is 1. The minimum Gasteiger partial charge on any atom is -0.493 e. The number of methoxy groups -OCH3 is 3. The lowest BCUT2D eigenvalue weighted by Crippen LogP contribution is -2.36. The van der Waals surface area contributed by atoms with E-state index < -0.39 is 29.6 Å². The van der Waals surface area contributed by atoms with Crippen molar-refractivity contribution < 1.29 is 33.4 Å². The minimum absolute atomic E-state index is 0.0700. The molecule has 9 nitrogen and oxygen atoms in total. The second-order valence-corrected chi connectivity index (χ2v) is 9.30. The summed E-state index contributed by atoms with van der Waals surface area (Å²) in [4.78, 5) is 50.5. The molecule has 1 fully saturated rings. The summed E-state index contributed by atoms with van der Waals surface area (Å²) in [6.07, 6.45) is 1.55. The predicted molar refractivity (Wildman–Crippen MR) is 136 cm³/mol. The highest BCUT2D eigenvalue weighted by atomic mass is 127. The Kier molecular flexibility index (Phi) is 8.44. The number of imide groups is 1. The Morgan fingerprint density at radius 2 is 1.88 bits per heavy atom. The van der Waals surface area contributed by atoms with Crippen molar-refractivity contribution in [1.29, 1.82) is 0 Å². The van der Waals surface area contributed by atoms with Gasteiger partial charge in [-0.25, -0.2) is 4.79 Å². The van der Waals surface area contributed by atoms with Gasteiger partial charge in [-0.1, -0.05) is 11.6 Å². The van der Waals surface area contributed by atoms with E-state index >= 15 is 0 Å². The van der Waals surface area contributed by atoms with Gasteiger partial charge in [0.25, 0.3) is 11.1 Å². The fraction of sp³-hybridized carbons (Fsp3) is 0.182. The number of ether oxygens (including phenoxy) is 3. The predicted octanol–water partition coefficient (Wildman–Crippen LogP) is 4.42. The van der Waals surface area contributed by atoms with Gasteiger partial charge in [0.2, 0.25) is 5.91 Å². The van der Waals surface area contributed by atoms with Gasteiger partial charge in [0.15, 0.2) is 11.5 Å². The number of carbonyl (C=O) groups excluding carboxylic acids is 4. The van der Waals surface area contributed by atoms with Crippen molar-refractivity contribution in [2.75, 3.05) is 33.2 Å². The molecule has 0 aromatic heterocycles. The summed E-state index contributed by atoms with van der Waals surface area (Å²) in [7, 11) is 4.23. The van der Waals surface area contributed by atoms with E-state index in [1.807, 2.05) is 0 Å². The average molecular weight is 617 g/mol. The second-order valence-electron chi connectivity index (χ2n) is 6.74. The molecule has 0 aliphatic carbocycles. The lowest BCUT2D eigenvalue weighted by Gasteiger charge is -2.13. The van der Waals surface area contributed by atoms with Gasteiger partial charge in [-0.15, -0.1) is 0 Å². The largest absolute Gasteiger partial charge is 0.493 e. The van der Waals surface area contributed by atoms with E-state index in [0.717, 1.165) is 20.2 Å². The van der Waals surface area contributed by atoms with Crippen molar-refractivity contribution in [3.05, 3.63) is 55.0 Å². The van der Waals surface area contributed by atoms with Crippen molar-refractivity contribution in [2.24, 2.45) is 0 Å². The molecule has 0 radical (unpaired) electrons. The summed E-state index contributed by atoms with van der Waals surface area (Å²) >= 11 is 8.78. The van der Waals surface area contributed by atoms with E-state index in [0.29, 0.717) is 17.1 Å². The number of nitrogens with one attached hydrogen (secondary N) is 1. The Labute approximate surface area is 217 Å². The number of carbonyl (C=O) groups is 4. The Morgan fingerprint density at radius 3 is 2.53 bits per heavy atom. The van der Waals surface area contributed by atoms with Crippen LogP contribution in [0.5, 0.6) is 11.5 Å². The molecular weight excluding hydrogens is 599 g/mol. The quantitative estimate of drug-likeness (QED) is 0.277. The van der Waals surface area contributed by atoms with Crippen LogP contribution in [0.3, 0.4) is 0 Å². The Morgan fingerprint density at radius 1 is 1.15 bits per heavy atom. The number of benzene rings is 2. The van der Waals surface area contributed by atoms with Gasteiger partial charge in [0.05, 0.1) is 40.4 Å². The van der Waals surface area contributed by atoms with Crippen LogP contribution in [0, 0.1) is 3.57 Å². The Bertz CT molecular complexity index is 1220. The molecule has 178 valence electrons. The zero-order chi connectivity index (χ0) is 25.0. The van der Waals surface area contributed by atoms with E-state index in [-0.39, 0.29) is 21.2 Å². The van der Waals surface area contributed by atoms with E-state index in [9.17, 15) is 19.2 Å². The standard InChI is InChI=1S/C22H18ClIN2O7S/c1-31-16-7-11(6-15(24)19(16)32-2)8-17-20(28)26(22(30)34-17)10-18(27)25-12-4-5-14(23)13(9-12)21(29)33-3/h4-9H,10H2,1-3H3,(H,25,27)/b17-8+. The van der Waals surface area contributed by atoms with Crippen LogP contribution in [-0.2, 0) is 14.3 Å². The van der Waals surface area contributed by atoms with Crippen LogP contribution in [0.25, 0.3) is 6.08 Å². The molecule has 2 aromatic carbocycles. The van der Waals surface area contributed by atoms with Gasteiger partial charge in [-0.2, -0.15) is 0 Å². The number of hydrogen-bond donors (Lipinski definition) is 1. The molecule has 3 amide bonds. The summed E-state index contributed by atoms with van der Waals surface area (Å²) in [5, 5.41) is 2.13. The summed E-state index contributed by atoms with van der Waals surface area (Å²) < 4.78 is 16.0. The molecule has 0 bridgehead atoms. The normalized spacial score (nSPS) is 14.4. The van der Waals surface area contributed by atoms with Gasteiger partial charge in [-0.3, -0.25) is 19.3 Å². The third-order valence-electron chi connectivity index (χ3n) is 4.58. The molecule has 1 heterocycles. The average Bonchev–Trinajstić information content (AvgIpc) is 3.06. The molecule has 1 N–H and O–H groups in total. The SMILES string of the molecule is COC(=O)c1cc(NC(=O)CN2C(=O)S/C(=C/c3cc(I)c(OC)c(OC)c3)C2=O)ccc1Cl. The van der Waals surface area contributed by atoms with Crippen molar-refractivity contribution >= 4 is 80.7 Å². The number of halogens is 2. The monoisotopic (exact) mass is 616 g/mol. The molecule has 3 rings (SSSR count). The van der Waals surface area contributed by atoms with E-state index in [4.69, 9.17) is 21.1 Å². The van der Waals surface area contributed by atoms with Gasteiger partial charge in [-0.05, 0) is 76.3 Å². The first-order valence-corrected chi connectivity index (χ1v) is 11.8. The highest BCUT2D eigenvalue weighted by Crippen LogP contribution is 2.37. The topological polar surface area (TPSA) is 111 Å². The van der Waals surface area contributed by atoms with Crippen LogP contribution in [0.1, 0.15) is 15.9 Å². The number of nitrogens with zero attached hydrogens (tertiary/aromatic N) is 1. The first kappa shape index (κ1) is 25.8. The molecule has 0 unspecified atom stereocenters. The van der Waals surface area contributed by atoms with Crippen molar-refractivity contribution in [3.63, 3.8) is 0 Å². The van der Waals surface area contributed by atoms with Gasteiger partial charge >= 0.3 is 5.97 Å². The Balaban J connectivity index is 1.75. The second kappa shape index (κ2) is 11.1. The third kappa shape index (κ3) is 5.65. The highest BCUT2D eigenvalue weighted by Gasteiger charge is 2.36. The summed E-state index contributed by atoms with van der Waals surface area (Å²) in [6.45, 7) is -0.498. The Hall–Kier alpha value is -2.77.